The number of rotatable bonds is 15. The monoisotopic (exact) mass is 712 g/mol. The molecule has 1 saturated heterocycles. The fraction of sp³-hybridized carbons (Fsp3) is 0.364. The number of sulfonamides is 1. The molecule has 4 aromatic rings. The highest BCUT2D eigenvalue weighted by Gasteiger charge is 2.28. The van der Waals surface area contributed by atoms with Crippen molar-refractivity contribution in [1.29, 1.82) is 0 Å². The van der Waals surface area contributed by atoms with Gasteiger partial charge in [0.15, 0.2) is 22.3 Å². The minimum absolute atomic E-state index is 0.0336. The van der Waals surface area contributed by atoms with Crippen molar-refractivity contribution in [3.63, 3.8) is 0 Å². The van der Waals surface area contributed by atoms with Crippen LogP contribution in [0.25, 0.3) is 0 Å². The number of nitrogens with zero attached hydrogens (tertiary/aromatic N) is 5. The van der Waals surface area contributed by atoms with Gasteiger partial charge in [-0.05, 0) is 48.7 Å². The first-order chi connectivity index (χ1) is 23.6. The van der Waals surface area contributed by atoms with Gasteiger partial charge in [0.05, 0.1) is 32.6 Å². The third kappa shape index (κ3) is 9.14. The standard InChI is InChI=1S/C33H40N6O8S2/c1-23(2)25-12-15-29(34-22-25)49(42,43)37-31-30(47-28-9-6-5-8-27(28)44-4)32(36-33(35-31)38-17-20-45-21-18-38)46-19-7-16-39(48(40)41)26-13-10-24(3)11-14-26/h5-6,8-15,22-23H,7,16-21H2,1-4H3,(H,40,41)(H,35,36,37). The Morgan fingerprint density at radius 3 is 2.39 bits per heavy atom. The van der Waals surface area contributed by atoms with E-state index in [1.807, 2.05) is 37.8 Å². The van der Waals surface area contributed by atoms with Crippen LogP contribution in [-0.2, 0) is 26.0 Å². The summed E-state index contributed by atoms with van der Waals surface area (Å²) in [7, 11) is -2.78. The van der Waals surface area contributed by atoms with E-state index < -0.39 is 21.3 Å². The molecule has 262 valence electrons. The van der Waals surface area contributed by atoms with Gasteiger partial charge in [-0.2, -0.15) is 18.4 Å². The summed E-state index contributed by atoms with van der Waals surface area (Å²) in [6, 6.07) is 17.3. The van der Waals surface area contributed by atoms with Crippen LogP contribution in [0.15, 0.2) is 71.9 Å². The van der Waals surface area contributed by atoms with E-state index in [4.69, 9.17) is 18.9 Å². The molecule has 0 amide bonds. The molecule has 0 spiro atoms. The smallest absolute Gasteiger partial charge is 0.280 e. The number of aromatic nitrogens is 3. The molecular formula is C33H40N6O8S2. The van der Waals surface area contributed by atoms with Crippen LogP contribution in [0.3, 0.4) is 0 Å². The number of ether oxygens (including phenoxy) is 4. The van der Waals surface area contributed by atoms with Gasteiger partial charge >= 0.3 is 0 Å². The highest BCUT2D eigenvalue weighted by atomic mass is 32.2. The minimum Gasteiger partial charge on any atom is -0.493 e. The van der Waals surface area contributed by atoms with Crippen LogP contribution in [0.5, 0.6) is 23.1 Å². The number of aryl methyl sites for hydroxylation is 1. The largest absolute Gasteiger partial charge is 0.493 e. The number of pyridine rings is 1. The predicted molar refractivity (Wildman–Crippen MR) is 187 cm³/mol. The van der Waals surface area contributed by atoms with Gasteiger partial charge in [0.2, 0.25) is 11.7 Å². The molecule has 0 saturated carbocycles. The zero-order chi connectivity index (χ0) is 35.0. The van der Waals surface area contributed by atoms with E-state index in [2.05, 4.69) is 19.7 Å². The Kier molecular flexibility index (Phi) is 11.9. The fourth-order valence-electron chi connectivity index (χ4n) is 4.85. The van der Waals surface area contributed by atoms with E-state index in [1.165, 1.54) is 23.7 Å². The average molecular weight is 713 g/mol. The Morgan fingerprint density at radius 1 is 1.04 bits per heavy atom. The van der Waals surface area contributed by atoms with Gasteiger partial charge in [-0.15, -0.1) is 0 Å². The van der Waals surface area contributed by atoms with Gasteiger partial charge in [0, 0.05) is 32.3 Å². The van der Waals surface area contributed by atoms with Gasteiger partial charge < -0.3 is 23.8 Å². The number of nitrogens with one attached hydrogen (secondary N) is 1. The van der Waals surface area contributed by atoms with E-state index in [9.17, 15) is 17.2 Å². The molecule has 1 aliphatic rings. The van der Waals surface area contributed by atoms with Crippen molar-refractivity contribution in [3.8, 4) is 23.1 Å². The summed E-state index contributed by atoms with van der Waals surface area (Å²) in [6.07, 6.45) is 1.83. The molecule has 1 aliphatic heterocycles. The second kappa shape index (κ2) is 16.3. The van der Waals surface area contributed by atoms with E-state index >= 15 is 0 Å². The van der Waals surface area contributed by atoms with Crippen molar-refractivity contribution in [2.45, 2.75) is 38.1 Å². The van der Waals surface area contributed by atoms with E-state index in [0.717, 1.165) is 11.1 Å². The first-order valence-electron chi connectivity index (χ1n) is 15.7. The number of para-hydroxylation sites is 2. The van der Waals surface area contributed by atoms with Gasteiger partial charge in [-0.25, -0.2) is 9.19 Å². The molecular weight excluding hydrogens is 673 g/mol. The Hall–Kier alpha value is -4.51. The predicted octanol–water partition coefficient (Wildman–Crippen LogP) is 5.15. The van der Waals surface area contributed by atoms with Crippen molar-refractivity contribution in [1.82, 2.24) is 15.0 Å². The van der Waals surface area contributed by atoms with Gasteiger partial charge in [-0.1, -0.05) is 49.7 Å². The van der Waals surface area contributed by atoms with Crippen LogP contribution < -0.4 is 28.1 Å². The highest BCUT2D eigenvalue weighted by Crippen LogP contribution is 2.41. The van der Waals surface area contributed by atoms with E-state index in [0.29, 0.717) is 44.2 Å². The average Bonchev–Trinajstić information content (AvgIpc) is 3.10. The molecule has 1 fully saturated rings. The molecule has 14 nitrogen and oxygen atoms in total. The topological polar surface area (TPSA) is 166 Å². The Labute approximate surface area is 288 Å². The van der Waals surface area contributed by atoms with Crippen molar-refractivity contribution >= 4 is 38.7 Å². The lowest BCUT2D eigenvalue weighted by molar-refractivity contribution is 0.122. The van der Waals surface area contributed by atoms with Gasteiger partial charge in [0.25, 0.3) is 27.2 Å². The number of anilines is 3. The molecule has 3 heterocycles. The lowest BCUT2D eigenvalue weighted by Crippen LogP contribution is -2.37. The van der Waals surface area contributed by atoms with Crippen molar-refractivity contribution in [3.05, 3.63) is 78.0 Å². The molecule has 1 unspecified atom stereocenters. The molecule has 2 N–H and O–H groups in total. The number of methoxy groups -OCH3 is 1. The summed E-state index contributed by atoms with van der Waals surface area (Å²) in [5, 5.41) is -0.206. The number of hydrogen-bond acceptors (Lipinski definition) is 11. The Balaban J connectivity index is 1.51. The first kappa shape index (κ1) is 35.8. The summed E-state index contributed by atoms with van der Waals surface area (Å²) in [6.45, 7) is 7.91. The normalized spacial score (nSPS) is 14.0. The van der Waals surface area contributed by atoms with Crippen LogP contribution in [0.4, 0.5) is 17.5 Å². The Bertz CT molecular complexity index is 1840. The molecule has 49 heavy (non-hydrogen) atoms. The lowest BCUT2D eigenvalue weighted by atomic mass is 10.1. The fourth-order valence-corrected chi connectivity index (χ4v) is 6.38. The minimum atomic E-state index is -4.26. The molecule has 0 radical (unpaired) electrons. The molecule has 1 atom stereocenters. The second-order valence-electron chi connectivity index (χ2n) is 11.4. The summed E-state index contributed by atoms with van der Waals surface area (Å²) in [5.41, 5.74) is 2.49. The summed E-state index contributed by atoms with van der Waals surface area (Å²) in [5.74, 6) is 0.676. The SMILES string of the molecule is COc1ccccc1Oc1c(NS(=O)(=O)c2ccc(C(C)C)cn2)nc(N2CCOCC2)nc1OCCCN(c1ccc(C)cc1)S(=O)O. The van der Waals surface area contributed by atoms with Crippen molar-refractivity contribution in [2.75, 3.05) is 60.5 Å². The summed E-state index contributed by atoms with van der Waals surface area (Å²) >= 11 is -2.28. The Morgan fingerprint density at radius 2 is 1.76 bits per heavy atom. The summed E-state index contributed by atoms with van der Waals surface area (Å²) in [4.78, 5) is 15.3. The highest BCUT2D eigenvalue weighted by molar-refractivity contribution is 7.92. The molecule has 2 aromatic heterocycles. The van der Waals surface area contributed by atoms with Crippen LogP contribution in [0.2, 0.25) is 0 Å². The molecule has 5 rings (SSSR count). The summed E-state index contributed by atoms with van der Waals surface area (Å²) < 4.78 is 76.9. The maximum Gasteiger partial charge on any atom is 0.280 e. The number of hydrogen-bond donors (Lipinski definition) is 2. The molecule has 0 aliphatic carbocycles. The quantitative estimate of drug-likeness (QED) is 0.123. The third-order valence-corrected chi connectivity index (χ3v) is 9.61. The molecule has 16 heteroatoms. The van der Waals surface area contributed by atoms with Crippen molar-refractivity contribution in [2.24, 2.45) is 0 Å². The van der Waals surface area contributed by atoms with Gasteiger partial charge in [0.1, 0.15) is 0 Å². The third-order valence-electron chi connectivity index (χ3n) is 7.58. The van der Waals surface area contributed by atoms with Crippen LogP contribution in [-0.4, -0.2) is 78.7 Å². The zero-order valence-corrected chi connectivity index (χ0v) is 29.4. The van der Waals surface area contributed by atoms with Crippen LogP contribution in [0.1, 0.15) is 37.3 Å². The molecule has 0 bridgehead atoms. The van der Waals surface area contributed by atoms with E-state index in [1.54, 1.807) is 42.5 Å². The lowest BCUT2D eigenvalue weighted by Gasteiger charge is -2.28. The van der Waals surface area contributed by atoms with Crippen LogP contribution in [0, 0.1) is 6.92 Å². The second-order valence-corrected chi connectivity index (χ2v) is 14.0. The van der Waals surface area contributed by atoms with E-state index in [-0.39, 0.29) is 53.2 Å². The maximum atomic E-state index is 13.7. The van der Waals surface area contributed by atoms with Crippen LogP contribution >= 0.6 is 0 Å². The maximum absolute atomic E-state index is 13.7. The molecule has 2 aromatic carbocycles. The zero-order valence-electron chi connectivity index (χ0n) is 27.7. The first-order valence-corrected chi connectivity index (χ1v) is 18.2. The number of morpholine rings is 1. The van der Waals surface area contributed by atoms with Gasteiger partial charge in [-0.3, -0.25) is 13.6 Å². The number of benzene rings is 2. The van der Waals surface area contributed by atoms with Crippen molar-refractivity contribution < 1.29 is 36.1 Å².